The first-order valence-electron chi connectivity index (χ1n) is 6.12. The zero-order valence-electron chi connectivity index (χ0n) is 11.5. The van der Waals surface area contributed by atoms with E-state index in [-0.39, 0.29) is 18.0 Å². The molecule has 1 aliphatic heterocycles. The van der Waals surface area contributed by atoms with Crippen molar-refractivity contribution in [1.29, 1.82) is 0 Å². The molecule has 0 aromatic heterocycles. The third-order valence-electron chi connectivity index (χ3n) is 2.87. The van der Waals surface area contributed by atoms with Gasteiger partial charge in [-0.25, -0.2) is 0 Å². The van der Waals surface area contributed by atoms with Crippen LogP contribution in [0.15, 0.2) is 18.2 Å². The molecular weight excluding hydrogens is 286 g/mol. The van der Waals surface area contributed by atoms with Crippen molar-refractivity contribution in [3.05, 3.63) is 33.3 Å². The Kier molecular flexibility index (Phi) is 3.90. The third-order valence-corrected chi connectivity index (χ3v) is 3.10. The largest absolute Gasteiger partial charge is 0.484 e. The second-order valence-corrected chi connectivity index (χ2v) is 5.83. The van der Waals surface area contributed by atoms with Crippen molar-refractivity contribution in [2.75, 3.05) is 13.2 Å². The summed E-state index contributed by atoms with van der Waals surface area (Å²) in [6.07, 6.45) is 0. The number of halogens is 1. The average Bonchev–Trinajstić information content (AvgIpc) is 2.61. The summed E-state index contributed by atoms with van der Waals surface area (Å²) in [7, 11) is 0. The molecule has 1 heterocycles. The van der Waals surface area contributed by atoms with Gasteiger partial charge in [0.2, 0.25) is 0 Å². The molecule has 6 nitrogen and oxygen atoms in total. The number of nitrogens with zero attached hydrogens (tertiary/aromatic N) is 1. The second kappa shape index (κ2) is 5.20. The van der Waals surface area contributed by atoms with E-state index in [0.29, 0.717) is 11.6 Å². The van der Waals surface area contributed by atoms with E-state index < -0.39 is 16.3 Å². The van der Waals surface area contributed by atoms with Crippen LogP contribution in [0.2, 0.25) is 5.02 Å². The summed E-state index contributed by atoms with van der Waals surface area (Å²) >= 11 is 5.84. The number of nitro benzene ring substituents is 1. The predicted molar refractivity (Wildman–Crippen MR) is 73.1 cm³/mol. The van der Waals surface area contributed by atoms with Crippen molar-refractivity contribution in [2.45, 2.75) is 32.2 Å². The minimum atomic E-state index is -0.682. The Labute approximate surface area is 121 Å². The molecule has 0 radical (unpaired) electrons. The standard InChI is InChI=1S/C13H16ClNO5/c1-12(2)19-8-13(3,20-12)7-18-11-6-9(14)4-5-10(11)15(16)17/h4-6H,7-8H2,1-3H3. The van der Waals surface area contributed by atoms with Crippen LogP contribution < -0.4 is 4.74 Å². The molecule has 0 saturated carbocycles. The van der Waals surface area contributed by atoms with Gasteiger partial charge < -0.3 is 14.2 Å². The number of rotatable bonds is 4. The molecule has 0 spiro atoms. The lowest BCUT2D eigenvalue weighted by molar-refractivity contribution is -0.386. The van der Waals surface area contributed by atoms with Gasteiger partial charge in [-0.15, -0.1) is 0 Å². The number of hydrogen-bond acceptors (Lipinski definition) is 5. The maximum Gasteiger partial charge on any atom is 0.311 e. The summed E-state index contributed by atoms with van der Waals surface area (Å²) in [5.41, 5.74) is -0.782. The molecule has 1 atom stereocenters. The fourth-order valence-electron chi connectivity index (χ4n) is 2.03. The van der Waals surface area contributed by atoms with E-state index >= 15 is 0 Å². The molecule has 20 heavy (non-hydrogen) atoms. The highest BCUT2D eigenvalue weighted by atomic mass is 35.5. The lowest BCUT2D eigenvalue weighted by Gasteiger charge is -2.25. The van der Waals surface area contributed by atoms with Gasteiger partial charge >= 0.3 is 5.69 Å². The topological polar surface area (TPSA) is 70.8 Å². The number of hydrogen-bond donors (Lipinski definition) is 0. The molecule has 1 aromatic rings. The van der Waals surface area contributed by atoms with Crippen molar-refractivity contribution in [3.63, 3.8) is 0 Å². The maximum atomic E-state index is 10.9. The molecule has 2 rings (SSSR count). The zero-order chi connectivity index (χ0) is 15.0. The van der Waals surface area contributed by atoms with Crippen LogP contribution in [0.1, 0.15) is 20.8 Å². The summed E-state index contributed by atoms with van der Waals surface area (Å²) in [5, 5.41) is 11.3. The van der Waals surface area contributed by atoms with Gasteiger partial charge in [-0.1, -0.05) is 11.6 Å². The van der Waals surface area contributed by atoms with Crippen molar-refractivity contribution >= 4 is 17.3 Å². The Bertz CT molecular complexity index is 533. The first-order valence-corrected chi connectivity index (χ1v) is 6.49. The van der Waals surface area contributed by atoms with E-state index in [1.54, 1.807) is 13.8 Å². The van der Waals surface area contributed by atoms with Crippen LogP contribution in [0.5, 0.6) is 5.75 Å². The number of benzene rings is 1. The highest BCUT2D eigenvalue weighted by molar-refractivity contribution is 6.30. The molecule has 1 fully saturated rings. The third kappa shape index (κ3) is 3.39. The first kappa shape index (κ1) is 15.0. The number of ether oxygens (including phenoxy) is 3. The van der Waals surface area contributed by atoms with Gasteiger partial charge in [0.15, 0.2) is 11.5 Å². The molecule has 1 saturated heterocycles. The van der Waals surface area contributed by atoms with Gasteiger partial charge in [-0.05, 0) is 26.8 Å². The Morgan fingerprint density at radius 3 is 2.70 bits per heavy atom. The smallest absolute Gasteiger partial charge is 0.311 e. The summed E-state index contributed by atoms with van der Waals surface area (Å²) < 4.78 is 16.8. The summed E-state index contributed by atoms with van der Waals surface area (Å²) in [5.74, 6) is -0.560. The van der Waals surface area contributed by atoms with Gasteiger partial charge in [0.1, 0.15) is 12.2 Å². The molecule has 0 aliphatic carbocycles. The van der Waals surface area contributed by atoms with E-state index in [0.717, 1.165) is 0 Å². The first-order chi connectivity index (χ1) is 9.21. The summed E-state index contributed by atoms with van der Waals surface area (Å²) in [4.78, 5) is 10.4. The van der Waals surface area contributed by atoms with Crippen LogP contribution in [0, 0.1) is 10.1 Å². The van der Waals surface area contributed by atoms with E-state index in [9.17, 15) is 10.1 Å². The van der Waals surface area contributed by atoms with Crippen LogP contribution in [-0.2, 0) is 9.47 Å². The van der Waals surface area contributed by atoms with Gasteiger partial charge in [0.05, 0.1) is 11.5 Å². The monoisotopic (exact) mass is 301 g/mol. The zero-order valence-corrected chi connectivity index (χ0v) is 12.3. The highest BCUT2D eigenvalue weighted by Gasteiger charge is 2.42. The fourth-order valence-corrected chi connectivity index (χ4v) is 2.20. The molecule has 1 aliphatic rings. The van der Waals surface area contributed by atoms with Gasteiger partial charge in [-0.3, -0.25) is 10.1 Å². The van der Waals surface area contributed by atoms with E-state index in [2.05, 4.69) is 0 Å². The summed E-state index contributed by atoms with van der Waals surface area (Å²) in [6, 6.07) is 4.19. The van der Waals surface area contributed by atoms with Crippen LogP contribution in [-0.4, -0.2) is 29.5 Å². The van der Waals surface area contributed by atoms with E-state index in [1.165, 1.54) is 18.2 Å². The predicted octanol–water partition coefficient (Wildman–Crippen LogP) is 3.17. The van der Waals surface area contributed by atoms with Crippen molar-refractivity contribution in [2.24, 2.45) is 0 Å². The van der Waals surface area contributed by atoms with Crippen LogP contribution in [0.25, 0.3) is 0 Å². The molecule has 110 valence electrons. The second-order valence-electron chi connectivity index (χ2n) is 5.40. The van der Waals surface area contributed by atoms with Crippen molar-refractivity contribution in [3.8, 4) is 5.75 Å². The minimum absolute atomic E-state index is 0.122. The SMILES string of the molecule is CC1(COc2cc(Cl)ccc2[N+](=O)[O-])COC(C)(C)O1. The van der Waals surface area contributed by atoms with E-state index in [1.807, 2.05) is 6.92 Å². The lowest BCUT2D eigenvalue weighted by Crippen LogP contribution is -2.37. The van der Waals surface area contributed by atoms with Crippen molar-refractivity contribution in [1.82, 2.24) is 0 Å². The molecule has 0 N–H and O–H groups in total. The quantitative estimate of drug-likeness (QED) is 0.631. The van der Waals surface area contributed by atoms with Crippen LogP contribution in [0.4, 0.5) is 5.69 Å². The Balaban J connectivity index is 2.11. The van der Waals surface area contributed by atoms with E-state index in [4.69, 9.17) is 25.8 Å². The van der Waals surface area contributed by atoms with Crippen molar-refractivity contribution < 1.29 is 19.1 Å². The van der Waals surface area contributed by atoms with Gasteiger partial charge in [-0.2, -0.15) is 0 Å². The highest BCUT2D eigenvalue weighted by Crippen LogP contribution is 2.34. The number of nitro groups is 1. The molecule has 7 heteroatoms. The Morgan fingerprint density at radius 1 is 1.45 bits per heavy atom. The molecule has 1 unspecified atom stereocenters. The molecular formula is C13H16ClNO5. The average molecular weight is 302 g/mol. The Morgan fingerprint density at radius 2 is 2.15 bits per heavy atom. The minimum Gasteiger partial charge on any atom is -0.484 e. The molecule has 1 aromatic carbocycles. The van der Waals surface area contributed by atoms with Gasteiger partial charge in [0, 0.05) is 17.2 Å². The lowest BCUT2D eigenvalue weighted by atomic mass is 10.1. The molecule has 0 amide bonds. The van der Waals surface area contributed by atoms with Crippen LogP contribution in [0.3, 0.4) is 0 Å². The maximum absolute atomic E-state index is 10.9. The van der Waals surface area contributed by atoms with Gasteiger partial charge in [0.25, 0.3) is 0 Å². The fraction of sp³-hybridized carbons (Fsp3) is 0.538. The Hall–Kier alpha value is -1.37. The molecule has 0 bridgehead atoms. The summed E-state index contributed by atoms with van der Waals surface area (Å²) in [6.45, 7) is 5.93. The van der Waals surface area contributed by atoms with Crippen LogP contribution >= 0.6 is 11.6 Å². The normalized spacial score (nSPS) is 24.6.